The van der Waals surface area contributed by atoms with Crippen molar-refractivity contribution in [2.45, 2.75) is 27.2 Å². The van der Waals surface area contributed by atoms with Crippen LogP contribution in [-0.2, 0) is 0 Å². The van der Waals surface area contributed by atoms with Crippen LogP contribution in [0.2, 0.25) is 0 Å². The fourth-order valence-electron chi connectivity index (χ4n) is 2.48. The van der Waals surface area contributed by atoms with Crippen molar-refractivity contribution in [1.29, 1.82) is 0 Å². The lowest BCUT2D eigenvalue weighted by atomic mass is 10.1. The molecule has 0 aliphatic carbocycles. The number of carbonyl (C=O) groups excluding carboxylic acids is 1. The lowest BCUT2D eigenvalue weighted by Crippen LogP contribution is -1.98. The molecule has 0 N–H and O–H groups in total. The number of imidazole rings is 1. The molecular weight excluding hydrogens is 260 g/mol. The van der Waals surface area contributed by atoms with Gasteiger partial charge in [-0.15, -0.1) is 0 Å². The fraction of sp³-hybridized carbons (Fsp3) is 0.222. The summed E-state index contributed by atoms with van der Waals surface area (Å²) >= 11 is 0. The number of fused-ring (bicyclic) bond motifs is 1. The highest BCUT2D eigenvalue weighted by atomic mass is 16.1. The number of Topliss-reactive ketones (excluding diaryl/α,β-unsaturated/α-hetero) is 1. The van der Waals surface area contributed by atoms with Crippen LogP contribution in [0.3, 0.4) is 0 Å². The molecule has 3 nitrogen and oxygen atoms in total. The van der Waals surface area contributed by atoms with E-state index in [1.807, 2.05) is 37.5 Å². The molecule has 0 saturated carbocycles. The molecule has 0 amide bonds. The Morgan fingerprint density at radius 2 is 1.76 bits per heavy atom. The molecular formula is C18H18N2O. The highest BCUT2D eigenvalue weighted by molar-refractivity contribution is 5.96. The maximum Gasteiger partial charge on any atom is 0.162 e. The fourth-order valence-corrected chi connectivity index (χ4v) is 2.48. The van der Waals surface area contributed by atoms with Crippen molar-refractivity contribution in [3.63, 3.8) is 0 Å². The molecule has 0 bridgehead atoms. The van der Waals surface area contributed by atoms with Gasteiger partial charge in [0, 0.05) is 17.7 Å². The Labute approximate surface area is 124 Å². The van der Waals surface area contributed by atoms with Gasteiger partial charge in [-0.05, 0) is 61.4 Å². The van der Waals surface area contributed by atoms with Gasteiger partial charge < -0.3 is 0 Å². The Morgan fingerprint density at radius 3 is 2.43 bits per heavy atom. The molecule has 106 valence electrons. The Kier molecular flexibility index (Phi) is 3.34. The Bertz CT molecular complexity index is 813. The van der Waals surface area contributed by atoms with E-state index in [0.29, 0.717) is 6.42 Å². The first-order valence-corrected chi connectivity index (χ1v) is 7.18. The molecule has 0 aliphatic rings. The summed E-state index contributed by atoms with van der Waals surface area (Å²) in [7, 11) is 0. The number of ketones is 1. The normalized spacial score (nSPS) is 11.0. The molecule has 1 aromatic heterocycles. The Balaban J connectivity index is 2.08. The average molecular weight is 278 g/mol. The highest BCUT2D eigenvalue weighted by Gasteiger charge is 2.08. The van der Waals surface area contributed by atoms with Crippen molar-refractivity contribution in [2.75, 3.05) is 0 Å². The van der Waals surface area contributed by atoms with Crippen LogP contribution in [0.25, 0.3) is 16.7 Å². The first-order valence-electron chi connectivity index (χ1n) is 7.18. The smallest absolute Gasteiger partial charge is 0.162 e. The molecule has 0 spiro atoms. The van der Waals surface area contributed by atoms with Gasteiger partial charge in [-0.25, -0.2) is 4.98 Å². The maximum absolute atomic E-state index is 11.7. The topological polar surface area (TPSA) is 34.9 Å². The molecule has 0 unspecified atom stereocenters. The summed E-state index contributed by atoms with van der Waals surface area (Å²) < 4.78 is 2.06. The van der Waals surface area contributed by atoms with Crippen LogP contribution in [0.15, 0.2) is 42.7 Å². The summed E-state index contributed by atoms with van der Waals surface area (Å²) in [5.74, 6) is 0.170. The van der Waals surface area contributed by atoms with E-state index in [0.717, 1.165) is 22.3 Å². The van der Waals surface area contributed by atoms with Crippen molar-refractivity contribution in [2.24, 2.45) is 0 Å². The summed E-state index contributed by atoms with van der Waals surface area (Å²) in [6, 6.07) is 12.0. The molecule has 3 rings (SSSR count). The molecule has 21 heavy (non-hydrogen) atoms. The van der Waals surface area contributed by atoms with Gasteiger partial charge >= 0.3 is 0 Å². The number of aromatic nitrogens is 2. The van der Waals surface area contributed by atoms with Gasteiger partial charge in [0.05, 0.1) is 11.0 Å². The number of rotatable bonds is 3. The third-order valence-corrected chi connectivity index (χ3v) is 3.95. The predicted molar refractivity (Wildman–Crippen MR) is 85.2 cm³/mol. The van der Waals surface area contributed by atoms with Crippen molar-refractivity contribution in [3.8, 4) is 5.69 Å². The summed E-state index contributed by atoms with van der Waals surface area (Å²) in [4.78, 5) is 16.2. The number of nitrogens with zero attached hydrogens (tertiary/aromatic N) is 2. The third-order valence-electron chi connectivity index (χ3n) is 3.95. The molecule has 0 radical (unpaired) electrons. The lowest BCUT2D eigenvalue weighted by molar-refractivity contribution is 0.0988. The van der Waals surface area contributed by atoms with Gasteiger partial charge in [0.1, 0.15) is 6.33 Å². The molecule has 3 aromatic rings. The molecule has 2 aromatic carbocycles. The number of hydrogen-bond donors (Lipinski definition) is 0. The standard InChI is InChI=1S/C18H18N2O/c1-4-18(21)14-5-7-15(8-6-14)20-11-19-16-9-12(2)13(3)10-17(16)20/h5-11H,4H2,1-3H3. The van der Waals surface area contributed by atoms with Gasteiger partial charge in [0.25, 0.3) is 0 Å². The van der Waals surface area contributed by atoms with Crippen molar-refractivity contribution in [3.05, 3.63) is 59.4 Å². The van der Waals surface area contributed by atoms with Crippen LogP contribution < -0.4 is 0 Å². The summed E-state index contributed by atoms with van der Waals surface area (Å²) in [6.45, 7) is 6.08. The van der Waals surface area contributed by atoms with Crippen molar-refractivity contribution < 1.29 is 4.79 Å². The second-order valence-corrected chi connectivity index (χ2v) is 5.36. The van der Waals surface area contributed by atoms with Gasteiger partial charge in [0.2, 0.25) is 0 Å². The van der Waals surface area contributed by atoms with E-state index in [1.54, 1.807) is 0 Å². The van der Waals surface area contributed by atoms with Crippen LogP contribution in [-0.4, -0.2) is 15.3 Å². The zero-order chi connectivity index (χ0) is 15.0. The summed E-state index contributed by atoms with van der Waals surface area (Å²) in [5, 5.41) is 0. The predicted octanol–water partition coefficient (Wildman–Crippen LogP) is 4.24. The number of aryl methyl sites for hydroxylation is 2. The van der Waals surface area contributed by atoms with Gasteiger partial charge in [-0.1, -0.05) is 6.92 Å². The molecule has 0 atom stereocenters. The Hall–Kier alpha value is -2.42. The second kappa shape index (κ2) is 5.17. The third kappa shape index (κ3) is 2.35. The van der Waals surface area contributed by atoms with E-state index in [1.165, 1.54) is 11.1 Å². The van der Waals surface area contributed by atoms with Crippen molar-refractivity contribution in [1.82, 2.24) is 9.55 Å². The zero-order valence-electron chi connectivity index (χ0n) is 12.6. The van der Waals surface area contributed by atoms with E-state index in [4.69, 9.17) is 0 Å². The minimum absolute atomic E-state index is 0.170. The van der Waals surface area contributed by atoms with Gasteiger partial charge in [-0.2, -0.15) is 0 Å². The largest absolute Gasteiger partial charge is 0.299 e. The van der Waals surface area contributed by atoms with Gasteiger partial charge in [-0.3, -0.25) is 9.36 Å². The van der Waals surface area contributed by atoms with Crippen LogP contribution in [0.4, 0.5) is 0 Å². The average Bonchev–Trinajstić information content (AvgIpc) is 2.90. The van der Waals surface area contributed by atoms with E-state index >= 15 is 0 Å². The summed E-state index contributed by atoms with van der Waals surface area (Å²) in [6.07, 6.45) is 2.37. The van der Waals surface area contributed by atoms with Crippen LogP contribution in [0, 0.1) is 13.8 Å². The SMILES string of the molecule is CCC(=O)c1ccc(-n2cnc3cc(C)c(C)cc32)cc1. The van der Waals surface area contributed by atoms with Crippen molar-refractivity contribution >= 4 is 16.8 Å². The van der Waals surface area contributed by atoms with E-state index in [9.17, 15) is 4.79 Å². The molecule has 0 aliphatic heterocycles. The monoisotopic (exact) mass is 278 g/mol. The summed E-state index contributed by atoms with van der Waals surface area (Å²) in [5.41, 5.74) is 6.37. The lowest BCUT2D eigenvalue weighted by Gasteiger charge is -2.07. The van der Waals surface area contributed by atoms with Crippen LogP contribution >= 0.6 is 0 Å². The zero-order valence-corrected chi connectivity index (χ0v) is 12.6. The second-order valence-electron chi connectivity index (χ2n) is 5.36. The molecule has 0 saturated heterocycles. The van der Waals surface area contributed by atoms with Crippen LogP contribution in [0.1, 0.15) is 34.8 Å². The quantitative estimate of drug-likeness (QED) is 0.672. The molecule has 3 heteroatoms. The van der Waals surface area contributed by atoms with E-state index in [2.05, 4.69) is 35.5 Å². The first kappa shape index (κ1) is 13.6. The first-order chi connectivity index (χ1) is 10.1. The minimum Gasteiger partial charge on any atom is -0.299 e. The Morgan fingerprint density at radius 1 is 1.10 bits per heavy atom. The van der Waals surface area contributed by atoms with Crippen LogP contribution in [0.5, 0.6) is 0 Å². The van der Waals surface area contributed by atoms with Gasteiger partial charge in [0.15, 0.2) is 5.78 Å². The van der Waals surface area contributed by atoms with E-state index < -0.39 is 0 Å². The maximum atomic E-state index is 11.7. The molecule has 0 fully saturated rings. The highest BCUT2D eigenvalue weighted by Crippen LogP contribution is 2.22. The van der Waals surface area contributed by atoms with E-state index in [-0.39, 0.29) is 5.78 Å². The molecule has 1 heterocycles. The number of carbonyl (C=O) groups is 1. The minimum atomic E-state index is 0.170. The number of benzene rings is 2. The number of hydrogen-bond acceptors (Lipinski definition) is 2.